The summed E-state index contributed by atoms with van der Waals surface area (Å²) in [5.41, 5.74) is 1.30. The third kappa shape index (κ3) is 2.61. The van der Waals surface area contributed by atoms with Gasteiger partial charge in [0.15, 0.2) is 5.82 Å². The minimum atomic E-state index is -1.35. The summed E-state index contributed by atoms with van der Waals surface area (Å²) < 4.78 is 14.1. The summed E-state index contributed by atoms with van der Waals surface area (Å²) in [6.07, 6.45) is 2.33. The number of aliphatic carboxylic acids is 1. The van der Waals surface area contributed by atoms with Crippen LogP contribution >= 0.6 is 11.6 Å². The van der Waals surface area contributed by atoms with Gasteiger partial charge in [-0.05, 0) is 49.1 Å². The Hall–Kier alpha value is -2.79. The molecule has 6 heteroatoms. The number of rotatable bonds is 3. The second-order valence-electron chi connectivity index (χ2n) is 6.66. The molecule has 1 aromatic heterocycles. The molecule has 0 saturated carbocycles. The maximum Gasteiger partial charge on any atom is 0.318 e. The van der Waals surface area contributed by atoms with Crippen molar-refractivity contribution in [2.24, 2.45) is 0 Å². The predicted octanol–water partition coefficient (Wildman–Crippen LogP) is 4.56. The zero-order chi connectivity index (χ0) is 19.2. The zero-order valence-corrected chi connectivity index (χ0v) is 15.3. The summed E-state index contributed by atoms with van der Waals surface area (Å²) in [6.45, 7) is 1.60. The molecule has 1 aliphatic rings. The lowest BCUT2D eigenvalue weighted by atomic mass is 9.74. The van der Waals surface area contributed by atoms with Crippen molar-refractivity contribution in [3.63, 3.8) is 0 Å². The Labute approximate surface area is 160 Å². The molecule has 1 atom stereocenters. The third-order valence-corrected chi connectivity index (χ3v) is 5.60. The van der Waals surface area contributed by atoms with Crippen molar-refractivity contribution in [2.75, 3.05) is 0 Å². The lowest BCUT2D eigenvalue weighted by Crippen LogP contribution is -2.36. The Balaban J connectivity index is 1.90. The van der Waals surface area contributed by atoms with Gasteiger partial charge in [0.1, 0.15) is 11.2 Å². The molecule has 0 fully saturated rings. The summed E-state index contributed by atoms with van der Waals surface area (Å²) in [7, 11) is 0. The standard InChI is InChI=1S/C21H16ClFN2O2/c1-12-14(6-4-8-17(12)23)21(20(26)27)10-9-18-15(21)11-24-19(25-18)13-5-2-3-7-16(13)22/h2-8,11H,9-10H2,1H3,(H,26,27)/t21-/m1/s1. The number of hydrogen-bond donors (Lipinski definition) is 1. The Kier molecular flexibility index (Phi) is 4.19. The fraction of sp³-hybridized carbons (Fsp3) is 0.190. The maximum absolute atomic E-state index is 14.1. The Morgan fingerprint density at radius 1 is 1.19 bits per heavy atom. The van der Waals surface area contributed by atoms with Crippen molar-refractivity contribution in [1.82, 2.24) is 9.97 Å². The van der Waals surface area contributed by atoms with Gasteiger partial charge in [0.25, 0.3) is 0 Å². The van der Waals surface area contributed by atoms with Crippen LogP contribution < -0.4 is 0 Å². The van der Waals surface area contributed by atoms with E-state index in [-0.39, 0.29) is 0 Å². The van der Waals surface area contributed by atoms with Gasteiger partial charge >= 0.3 is 5.97 Å². The number of carboxylic acid groups (broad SMARTS) is 1. The van der Waals surface area contributed by atoms with E-state index in [9.17, 15) is 14.3 Å². The summed E-state index contributed by atoms with van der Waals surface area (Å²) in [4.78, 5) is 21.3. The highest BCUT2D eigenvalue weighted by Crippen LogP contribution is 2.45. The molecule has 136 valence electrons. The molecular formula is C21H16ClFN2O2. The number of aromatic nitrogens is 2. The van der Waals surface area contributed by atoms with E-state index in [0.717, 1.165) is 0 Å². The molecular weight excluding hydrogens is 367 g/mol. The average molecular weight is 383 g/mol. The highest BCUT2D eigenvalue weighted by atomic mass is 35.5. The van der Waals surface area contributed by atoms with E-state index in [1.807, 2.05) is 18.2 Å². The van der Waals surface area contributed by atoms with Crippen LogP contribution in [-0.2, 0) is 16.6 Å². The van der Waals surface area contributed by atoms with Gasteiger partial charge in [0.2, 0.25) is 0 Å². The van der Waals surface area contributed by atoms with Crippen molar-refractivity contribution >= 4 is 17.6 Å². The van der Waals surface area contributed by atoms with Crippen molar-refractivity contribution in [1.29, 1.82) is 0 Å². The summed E-state index contributed by atoms with van der Waals surface area (Å²) in [6, 6.07) is 11.8. The molecule has 0 spiro atoms. The van der Waals surface area contributed by atoms with Crippen LogP contribution in [-0.4, -0.2) is 21.0 Å². The minimum absolute atomic E-state index is 0.308. The molecule has 1 aliphatic carbocycles. The van der Waals surface area contributed by atoms with Gasteiger partial charge in [0.05, 0.1) is 5.02 Å². The lowest BCUT2D eigenvalue weighted by molar-refractivity contribution is -0.142. The molecule has 0 saturated heterocycles. The Morgan fingerprint density at radius 3 is 2.70 bits per heavy atom. The lowest BCUT2D eigenvalue weighted by Gasteiger charge is -2.27. The molecule has 1 heterocycles. The highest BCUT2D eigenvalue weighted by molar-refractivity contribution is 6.33. The van der Waals surface area contributed by atoms with Gasteiger partial charge in [-0.25, -0.2) is 14.4 Å². The second-order valence-corrected chi connectivity index (χ2v) is 7.06. The largest absolute Gasteiger partial charge is 0.480 e. The van der Waals surface area contributed by atoms with Crippen LogP contribution in [0.3, 0.4) is 0 Å². The number of fused-ring (bicyclic) bond motifs is 1. The van der Waals surface area contributed by atoms with Crippen LogP contribution in [0.1, 0.15) is 28.8 Å². The number of nitrogens with zero attached hydrogens (tertiary/aromatic N) is 2. The summed E-state index contributed by atoms with van der Waals surface area (Å²) >= 11 is 6.23. The molecule has 27 heavy (non-hydrogen) atoms. The van der Waals surface area contributed by atoms with Crippen molar-refractivity contribution in [3.8, 4) is 11.4 Å². The van der Waals surface area contributed by atoms with E-state index >= 15 is 0 Å². The van der Waals surface area contributed by atoms with Gasteiger partial charge in [-0.2, -0.15) is 0 Å². The normalized spacial score (nSPS) is 18.3. The highest BCUT2D eigenvalue weighted by Gasteiger charge is 2.49. The monoisotopic (exact) mass is 382 g/mol. The average Bonchev–Trinajstić information content (AvgIpc) is 3.04. The summed E-state index contributed by atoms with van der Waals surface area (Å²) in [5.74, 6) is -0.990. The van der Waals surface area contributed by atoms with E-state index < -0.39 is 17.2 Å². The molecule has 0 aliphatic heterocycles. The third-order valence-electron chi connectivity index (χ3n) is 5.27. The summed E-state index contributed by atoms with van der Waals surface area (Å²) in [5, 5.41) is 10.6. The first kappa shape index (κ1) is 17.6. The van der Waals surface area contributed by atoms with Crippen LogP contribution in [0, 0.1) is 12.7 Å². The first-order chi connectivity index (χ1) is 12.9. The van der Waals surface area contributed by atoms with Gasteiger partial charge in [-0.15, -0.1) is 0 Å². The van der Waals surface area contributed by atoms with Gasteiger partial charge in [0, 0.05) is 23.0 Å². The maximum atomic E-state index is 14.1. The van der Waals surface area contributed by atoms with Crippen molar-refractivity contribution in [3.05, 3.63) is 81.9 Å². The molecule has 0 radical (unpaired) electrons. The number of aryl methyl sites for hydroxylation is 1. The first-order valence-electron chi connectivity index (χ1n) is 8.55. The first-order valence-corrected chi connectivity index (χ1v) is 8.93. The molecule has 1 N–H and O–H groups in total. The smallest absolute Gasteiger partial charge is 0.318 e. The SMILES string of the molecule is Cc1c(F)cccc1[C@]1(C(=O)O)CCc2nc(-c3ccccc3Cl)ncc21. The van der Waals surface area contributed by atoms with Crippen molar-refractivity contribution in [2.45, 2.75) is 25.2 Å². The second kappa shape index (κ2) is 6.43. The Morgan fingerprint density at radius 2 is 1.96 bits per heavy atom. The number of benzene rings is 2. The van der Waals surface area contributed by atoms with E-state index in [0.29, 0.717) is 51.6 Å². The van der Waals surface area contributed by atoms with Gasteiger partial charge in [-0.1, -0.05) is 35.9 Å². The van der Waals surface area contributed by atoms with Gasteiger partial charge in [-0.3, -0.25) is 4.79 Å². The predicted molar refractivity (Wildman–Crippen MR) is 100 cm³/mol. The molecule has 3 aromatic rings. The van der Waals surface area contributed by atoms with E-state index in [1.54, 1.807) is 31.3 Å². The quantitative estimate of drug-likeness (QED) is 0.721. The van der Waals surface area contributed by atoms with E-state index in [4.69, 9.17) is 11.6 Å². The van der Waals surface area contributed by atoms with E-state index in [2.05, 4.69) is 9.97 Å². The fourth-order valence-corrected chi connectivity index (χ4v) is 4.08. The van der Waals surface area contributed by atoms with Crippen molar-refractivity contribution < 1.29 is 14.3 Å². The molecule has 4 nitrogen and oxygen atoms in total. The van der Waals surface area contributed by atoms with Crippen LogP contribution in [0.5, 0.6) is 0 Å². The van der Waals surface area contributed by atoms with Crippen LogP contribution in [0.15, 0.2) is 48.7 Å². The number of hydrogen-bond acceptors (Lipinski definition) is 3. The fourth-order valence-electron chi connectivity index (χ4n) is 3.86. The number of carboxylic acids is 1. The van der Waals surface area contributed by atoms with E-state index in [1.165, 1.54) is 6.07 Å². The molecule has 0 amide bonds. The number of carbonyl (C=O) groups is 1. The number of halogens is 2. The van der Waals surface area contributed by atoms with Crippen LogP contribution in [0.4, 0.5) is 4.39 Å². The Bertz CT molecular complexity index is 1070. The molecule has 2 aromatic carbocycles. The van der Waals surface area contributed by atoms with Crippen LogP contribution in [0.2, 0.25) is 5.02 Å². The topological polar surface area (TPSA) is 63.1 Å². The zero-order valence-electron chi connectivity index (χ0n) is 14.5. The van der Waals surface area contributed by atoms with Crippen LogP contribution in [0.25, 0.3) is 11.4 Å². The molecule has 4 rings (SSSR count). The van der Waals surface area contributed by atoms with Gasteiger partial charge < -0.3 is 5.11 Å². The minimum Gasteiger partial charge on any atom is -0.480 e. The molecule has 0 bridgehead atoms. The molecule has 0 unspecified atom stereocenters.